The smallest absolute Gasteiger partial charge is 0.220 e. The van der Waals surface area contributed by atoms with Gasteiger partial charge in [0, 0.05) is 12.5 Å². The zero-order valence-electron chi connectivity index (χ0n) is 14.3. The second-order valence-electron chi connectivity index (χ2n) is 6.25. The van der Waals surface area contributed by atoms with E-state index in [4.69, 9.17) is 0 Å². The number of aromatic nitrogens is 1. The number of unbranched alkanes of at least 4 members (excludes halogenated alkanes) is 3. The van der Waals surface area contributed by atoms with E-state index in [1.54, 1.807) is 11.3 Å². The molecule has 1 unspecified atom stereocenters. The van der Waals surface area contributed by atoms with Crippen LogP contribution in [0.2, 0.25) is 0 Å². The maximum atomic E-state index is 11.9. The first kappa shape index (κ1) is 17.9. The molecule has 1 aromatic heterocycles. The van der Waals surface area contributed by atoms with Crippen LogP contribution in [-0.2, 0) is 11.2 Å². The van der Waals surface area contributed by atoms with E-state index in [0.717, 1.165) is 31.2 Å². The summed E-state index contributed by atoms with van der Waals surface area (Å²) in [5, 5.41) is 4.29. The van der Waals surface area contributed by atoms with Gasteiger partial charge >= 0.3 is 0 Å². The molecule has 1 aromatic carbocycles. The standard InChI is InChI=1S/C19H28N2OS/c1-3-4-5-10-15(2)20-18(22)13-8-9-14-19-21-16-11-6-7-12-17(16)23-19/h6-7,11-12,15H,3-5,8-10,13-14H2,1-2H3,(H,20,22). The summed E-state index contributed by atoms with van der Waals surface area (Å²) in [6.07, 6.45) is 8.33. The maximum absolute atomic E-state index is 11.9. The fourth-order valence-corrected chi connectivity index (χ4v) is 3.72. The highest BCUT2D eigenvalue weighted by Gasteiger charge is 2.08. The highest BCUT2D eigenvalue weighted by atomic mass is 32.1. The van der Waals surface area contributed by atoms with Gasteiger partial charge in [-0.25, -0.2) is 4.98 Å². The number of nitrogens with one attached hydrogen (secondary N) is 1. The first-order valence-electron chi connectivity index (χ1n) is 8.83. The molecular formula is C19H28N2OS. The van der Waals surface area contributed by atoms with Gasteiger partial charge in [-0.1, -0.05) is 38.3 Å². The first-order chi connectivity index (χ1) is 11.2. The van der Waals surface area contributed by atoms with Crippen molar-refractivity contribution in [2.75, 3.05) is 0 Å². The molecule has 3 nitrogen and oxygen atoms in total. The molecule has 0 fully saturated rings. The van der Waals surface area contributed by atoms with Crippen molar-refractivity contribution in [3.63, 3.8) is 0 Å². The number of hydrogen-bond donors (Lipinski definition) is 1. The molecule has 0 spiro atoms. The number of carbonyl (C=O) groups excluding carboxylic acids is 1. The van der Waals surface area contributed by atoms with Crippen LogP contribution in [0.3, 0.4) is 0 Å². The van der Waals surface area contributed by atoms with Gasteiger partial charge in [-0.2, -0.15) is 0 Å². The van der Waals surface area contributed by atoms with Crippen molar-refractivity contribution >= 4 is 27.5 Å². The third-order valence-corrected chi connectivity index (χ3v) is 5.13. The van der Waals surface area contributed by atoms with Gasteiger partial charge in [0.1, 0.15) is 0 Å². The Bertz CT molecular complexity index is 575. The minimum atomic E-state index is 0.193. The summed E-state index contributed by atoms with van der Waals surface area (Å²) in [6, 6.07) is 8.55. The molecule has 0 aliphatic rings. The van der Waals surface area contributed by atoms with Crippen LogP contribution < -0.4 is 5.32 Å². The average Bonchev–Trinajstić information content (AvgIpc) is 2.94. The lowest BCUT2D eigenvalue weighted by molar-refractivity contribution is -0.121. The SMILES string of the molecule is CCCCCC(C)NC(=O)CCCCc1nc2ccccc2s1. The Hall–Kier alpha value is -1.42. The Balaban J connectivity index is 1.62. The van der Waals surface area contributed by atoms with E-state index in [-0.39, 0.29) is 5.91 Å². The summed E-state index contributed by atoms with van der Waals surface area (Å²) in [5.41, 5.74) is 1.09. The lowest BCUT2D eigenvalue weighted by Crippen LogP contribution is -2.32. The Labute approximate surface area is 143 Å². The van der Waals surface area contributed by atoms with Crippen LogP contribution in [0.15, 0.2) is 24.3 Å². The molecule has 2 aromatic rings. The summed E-state index contributed by atoms with van der Waals surface area (Å²) < 4.78 is 1.25. The van der Waals surface area contributed by atoms with Crippen molar-refractivity contribution in [2.24, 2.45) is 0 Å². The molecule has 0 saturated heterocycles. The lowest BCUT2D eigenvalue weighted by atomic mass is 10.1. The average molecular weight is 333 g/mol. The van der Waals surface area contributed by atoms with E-state index in [9.17, 15) is 4.79 Å². The number of hydrogen-bond acceptors (Lipinski definition) is 3. The molecule has 126 valence electrons. The zero-order chi connectivity index (χ0) is 16.5. The highest BCUT2D eigenvalue weighted by molar-refractivity contribution is 7.18. The van der Waals surface area contributed by atoms with Crippen LogP contribution in [0, 0.1) is 0 Å². The van der Waals surface area contributed by atoms with Gasteiger partial charge < -0.3 is 5.32 Å². The number of amides is 1. The van der Waals surface area contributed by atoms with Gasteiger partial charge in [0.2, 0.25) is 5.91 Å². The van der Waals surface area contributed by atoms with Gasteiger partial charge in [0.15, 0.2) is 0 Å². The lowest BCUT2D eigenvalue weighted by Gasteiger charge is -2.13. The highest BCUT2D eigenvalue weighted by Crippen LogP contribution is 2.22. The molecular weight excluding hydrogens is 304 g/mol. The maximum Gasteiger partial charge on any atom is 0.220 e. The molecule has 0 aliphatic carbocycles. The molecule has 2 rings (SSSR count). The Morgan fingerprint density at radius 1 is 1.22 bits per heavy atom. The van der Waals surface area contributed by atoms with E-state index < -0.39 is 0 Å². The van der Waals surface area contributed by atoms with Gasteiger partial charge in [-0.3, -0.25) is 4.79 Å². The molecule has 1 atom stereocenters. The van der Waals surface area contributed by atoms with Gasteiger partial charge in [-0.15, -0.1) is 11.3 Å². The molecule has 1 amide bonds. The summed E-state index contributed by atoms with van der Waals surface area (Å²) in [6.45, 7) is 4.31. The third kappa shape index (κ3) is 6.30. The normalized spacial score (nSPS) is 12.4. The van der Waals surface area contributed by atoms with Crippen LogP contribution in [0.25, 0.3) is 10.2 Å². The van der Waals surface area contributed by atoms with Crippen LogP contribution in [0.1, 0.15) is 63.8 Å². The number of aryl methyl sites for hydroxylation is 1. The number of fused-ring (bicyclic) bond motifs is 1. The molecule has 0 radical (unpaired) electrons. The predicted octanol–water partition coefficient (Wildman–Crippen LogP) is 5.09. The molecule has 1 N–H and O–H groups in total. The molecule has 23 heavy (non-hydrogen) atoms. The largest absolute Gasteiger partial charge is 0.354 e. The van der Waals surface area contributed by atoms with E-state index in [1.807, 2.05) is 6.07 Å². The molecule has 1 heterocycles. The van der Waals surface area contributed by atoms with E-state index >= 15 is 0 Å². The zero-order valence-corrected chi connectivity index (χ0v) is 15.1. The fourth-order valence-electron chi connectivity index (χ4n) is 2.71. The number of nitrogens with zero attached hydrogens (tertiary/aromatic N) is 1. The second-order valence-corrected chi connectivity index (χ2v) is 7.36. The Morgan fingerprint density at radius 2 is 2.04 bits per heavy atom. The van der Waals surface area contributed by atoms with E-state index in [2.05, 4.69) is 42.3 Å². The van der Waals surface area contributed by atoms with Crippen molar-refractivity contribution in [1.82, 2.24) is 10.3 Å². The number of rotatable bonds is 10. The molecule has 0 saturated carbocycles. The summed E-state index contributed by atoms with van der Waals surface area (Å²) in [7, 11) is 0. The van der Waals surface area contributed by atoms with Gasteiger partial charge in [0.05, 0.1) is 15.2 Å². The molecule has 0 bridgehead atoms. The summed E-state index contributed by atoms with van der Waals surface area (Å²) in [5.74, 6) is 0.193. The number of para-hydroxylation sites is 1. The van der Waals surface area contributed by atoms with Crippen molar-refractivity contribution in [1.29, 1.82) is 0 Å². The minimum Gasteiger partial charge on any atom is -0.354 e. The predicted molar refractivity (Wildman–Crippen MR) is 98.9 cm³/mol. The van der Waals surface area contributed by atoms with E-state index in [1.165, 1.54) is 29.0 Å². The number of thiazole rings is 1. The van der Waals surface area contributed by atoms with Crippen molar-refractivity contribution < 1.29 is 4.79 Å². The Morgan fingerprint density at radius 3 is 2.83 bits per heavy atom. The van der Waals surface area contributed by atoms with E-state index in [0.29, 0.717) is 12.5 Å². The fraction of sp³-hybridized carbons (Fsp3) is 0.579. The van der Waals surface area contributed by atoms with Crippen molar-refractivity contribution in [3.05, 3.63) is 29.3 Å². The van der Waals surface area contributed by atoms with Crippen LogP contribution in [0.4, 0.5) is 0 Å². The van der Waals surface area contributed by atoms with Crippen molar-refractivity contribution in [3.8, 4) is 0 Å². The topological polar surface area (TPSA) is 42.0 Å². The quantitative estimate of drug-likeness (QED) is 0.615. The van der Waals surface area contributed by atoms with Crippen LogP contribution >= 0.6 is 11.3 Å². The Kier molecular flexibility index (Phi) is 7.53. The van der Waals surface area contributed by atoms with Crippen LogP contribution in [0.5, 0.6) is 0 Å². The molecule has 0 aliphatic heterocycles. The van der Waals surface area contributed by atoms with Gasteiger partial charge in [0.25, 0.3) is 0 Å². The number of carbonyl (C=O) groups is 1. The van der Waals surface area contributed by atoms with Crippen LogP contribution in [-0.4, -0.2) is 16.9 Å². The van der Waals surface area contributed by atoms with Gasteiger partial charge in [-0.05, 0) is 44.7 Å². The third-order valence-electron chi connectivity index (χ3n) is 4.03. The molecule has 4 heteroatoms. The second kappa shape index (κ2) is 9.66. The summed E-state index contributed by atoms with van der Waals surface area (Å²) >= 11 is 1.77. The minimum absolute atomic E-state index is 0.193. The summed E-state index contributed by atoms with van der Waals surface area (Å²) in [4.78, 5) is 16.6. The first-order valence-corrected chi connectivity index (χ1v) is 9.64. The number of benzene rings is 1. The monoisotopic (exact) mass is 332 g/mol. The van der Waals surface area contributed by atoms with Crippen molar-refractivity contribution in [2.45, 2.75) is 71.3 Å².